The first-order chi connectivity index (χ1) is 12.0. The summed E-state index contributed by atoms with van der Waals surface area (Å²) < 4.78 is 12.0. The zero-order chi connectivity index (χ0) is 18.0. The molecule has 0 atom stereocenters. The zero-order valence-electron chi connectivity index (χ0n) is 14.4. The normalized spacial score (nSPS) is 11.0. The number of nitrogens with zero attached hydrogens (tertiary/aromatic N) is 1. The predicted octanol–water partition coefficient (Wildman–Crippen LogP) is 3.37. The minimum absolute atomic E-state index is 0.00395. The van der Waals surface area contributed by atoms with Crippen LogP contribution >= 0.6 is 0 Å². The molecule has 3 aromatic rings. The highest BCUT2D eigenvalue weighted by Crippen LogP contribution is 2.21. The second-order valence-electron chi connectivity index (χ2n) is 6.09. The summed E-state index contributed by atoms with van der Waals surface area (Å²) in [6.07, 6.45) is 0.249. The Morgan fingerprint density at radius 3 is 2.56 bits per heavy atom. The molecule has 0 unspecified atom stereocenters. The van der Waals surface area contributed by atoms with E-state index in [0.29, 0.717) is 16.8 Å². The van der Waals surface area contributed by atoms with Crippen molar-refractivity contribution in [3.63, 3.8) is 0 Å². The molecule has 0 saturated carbocycles. The fourth-order valence-electron chi connectivity index (χ4n) is 2.74. The van der Waals surface area contributed by atoms with Crippen molar-refractivity contribution in [1.82, 2.24) is 4.57 Å². The van der Waals surface area contributed by atoms with Crippen molar-refractivity contribution in [2.45, 2.75) is 26.3 Å². The SMILES string of the molecule is COc1ccc(CC(=O)Nc2ccc3c(c2)oc(=O)n3C(C)C)cc1. The summed E-state index contributed by atoms with van der Waals surface area (Å²) >= 11 is 0. The molecule has 0 fully saturated rings. The fraction of sp³-hybridized carbons (Fsp3) is 0.263. The number of nitrogens with one attached hydrogen (secondary N) is 1. The summed E-state index contributed by atoms with van der Waals surface area (Å²) in [6.45, 7) is 3.84. The molecule has 0 aliphatic heterocycles. The van der Waals surface area contributed by atoms with Crippen LogP contribution in [0.1, 0.15) is 25.5 Å². The van der Waals surface area contributed by atoms with Crippen molar-refractivity contribution < 1.29 is 13.9 Å². The number of hydrogen-bond acceptors (Lipinski definition) is 4. The monoisotopic (exact) mass is 340 g/mol. The maximum absolute atomic E-state index is 12.2. The second kappa shape index (κ2) is 6.84. The largest absolute Gasteiger partial charge is 0.497 e. The van der Waals surface area contributed by atoms with Gasteiger partial charge >= 0.3 is 5.76 Å². The molecule has 130 valence electrons. The number of methoxy groups -OCH3 is 1. The molecule has 2 aromatic carbocycles. The maximum Gasteiger partial charge on any atom is 0.420 e. The Morgan fingerprint density at radius 2 is 1.92 bits per heavy atom. The van der Waals surface area contributed by atoms with Gasteiger partial charge in [0.25, 0.3) is 0 Å². The van der Waals surface area contributed by atoms with Gasteiger partial charge in [0.1, 0.15) is 5.75 Å². The average Bonchev–Trinajstić information content (AvgIpc) is 2.90. The topological polar surface area (TPSA) is 73.5 Å². The van der Waals surface area contributed by atoms with Crippen LogP contribution in [-0.4, -0.2) is 17.6 Å². The number of carbonyl (C=O) groups is 1. The van der Waals surface area contributed by atoms with Crippen LogP contribution < -0.4 is 15.8 Å². The summed E-state index contributed by atoms with van der Waals surface area (Å²) in [4.78, 5) is 24.1. The first-order valence-electron chi connectivity index (χ1n) is 8.06. The zero-order valence-corrected chi connectivity index (χ0v) is 14.4. The summed E-state index contributed by atoms with van der Waals surface area (Å²) in [5.74, 6) is 0.209. The molecule has 6 heteroatoms. The lowest BCUT2D eigenvalue weighted by Gasteiger charge is -2.07. The number of anilines is 1. The quantitative estimate of drug-likeness (QED) is 0.773. The van der Waals surface area contributed by atoms with Crippen LogP contribution in [0.2, 0.25) is 0 Å². The molecular formula is C19H20N2O4. The Labute approximate surface area is 145 Å². The highest BCUT2D eigenvalue weighted by molar-refractivity contribution is 5.94. The van der Waals surface area contributed by atoms with E-state index in [2.05, 4.69) is 5.32 Å². The van der Waals surface area contributed by atoms with E-state index in [9.17, 15) is 9.59 Å². The number of rotatable bonds is 5. The van der Waals surface area contributed by atoms with Crippen LogP contribution in [0, 0.1) is 0 Å². The van der Waals surface area contributed by atoms with E-state index >= 15 is 0 Å². The second-order valence-corrected chi connectivity index (χ2v) is 6.09. The molecule has 0 saturated heterocycles. The van der Waals surface area contributed by atoms with Gasteiger partial charge in [0.15, 0.2) is 5.58 Å². The first-order valence-corrected chi connectivity index (χ1v) is 8.06. The van der Waals surface area contributed by atoms with Gasteiger partial charge in [-0.05, 0) is 43.7 Å². The number of oxazole rings is 1. The third-order valence-corrected chi connectivity index (χ3v) is 3.94. The van der Waals surface area contributed by atoms with Crippen molar-refractivity contribution >= 4 is 22.7 Å². The van der Waals surface area contributed by atoms with Gasteiger partial charge in [0.2, 0.25) is 5.91 Å². The number of fused-ring (bicyclic) bond motifs is 1. The Balaban J connectivity index is 1.75. The summed E-state index contributed by atoms with van der Waals surface area (Å²) in [7, 11) is 1.60. The van der Waals surface area contributed by atoms with Crippen molar-refractivity contribution in [2.75, 3.05) is 12.4 Å². The summed E-state index contributed by atoms with van der Waals surface area (Å²) in [5.41, 5.74) is 2.65. The van der Waals surface area contributed by atoms with Crippen molar-refractivity contribution in [2.24, 2.45) is 0 Å². The van der Waals surface area contributed by atoms with E-state index in [-0.39, 0.29) is 18.4 Å². The molecule has 1 aromatic heterocycles. The van der Waals surface area contributed by atoms with Crippen molar-refractivity contribution in [3.8, 4) is 5.75 Å². The van der Waals surface area contributed by atoms with E-state index in [1.807, 2.05) is 38.1 Å². The lowest BCUT2D eigenvalue weighted by molar-refractivity contribution is -0.115. The van der Waals surface area contributed by atoms with E-state index in [1.54, 1.807) is 29.9 Å². The minimum atomic E-state index is -0.397. The molecule has 0 spiro atoms. The molecule has 1 amide bonds. The van der Waals surface area contributed by atoms with Gasteiger partial charge in [-0.15, -0.1) is 0 Å². The number of hydrogen-bond donors (Lipinski definition) is 1. The van der Waals surface area contributed by atoms with E-state index in [4.69, 9.17) is 9.15 Å². The Kier molecular flexibility index (Phi) is 4.61. The van der Waals surface area contributed by atoms with Crippen LogP contribution in [0.3, 0.4) is 0 Å². The van der Waals surface area contributed by atoms with Gasteiger partial charge in [-0.1, -0.05) is 12.1 Å². The smallest absolute Gasteiger partial charge is 0.420 e. The molecule has 1 N–H and O–H groups in total. The van der Waals surface area contributed by atoms with Gasteiger partial charge in [-0.25, -0.2) is 4.79 Å². The molecule has 3 rings (SSSR count). The van der Waals surface area contributed by atoms with Gasteiger partial charge < -0.3 is 14.5 Å². The molecule has 25 heavy (non-hydrogen) atoms. The van der Waals surface area contributed by atoms with Crippen molar-refractivity contribution in [1.29, 1.82) is 0 Å². The minimum Gasteiger partial charge on any atom is -0.497 e. The average molecular weight is 340 g/mol. The lowest BCUT2D eigenvalue weighted by Crippen LogP contribution is -2.16. The Morgan fingerprint density at radius 1 is 1.20 bits per heavy atom. The van der Waals surface area contributed by atoms with E-state index < -0.39 is 5.76 Å². The van der Waals surface area contributed by atoms with Crippen molar-refractivity contribution in [3.05, 3.63) is 58.6 Å². The lowest BCUT2D eigenvalue weighted by atomic mass is 10.1. The highest BCUT2D eigenvalue weighted by Gasteiger charge is 2.13. The van der Waals surface area contributed by atoms with E-state index in [1.165, 1.54) is 0 Å². The Hall–Kier alpha value is -3.02. The molecule has 0 radical (unpaired) electrons. The maximum atomic E-state index is 12.2. The number of aromatic nitrogens is 1. The van der Waals surface area contributed by atoms with Crippen LogP contribution in [0.4, 0.5) is 5.69 Å². The number of carbonyl (C=O) groups excluding carboxylic acids is 1. The number of benzene rings is 2. The van der Waals surface area contributed by atoms with Crippen LogP contribution in [-0.2, 0) is 11.2 Å². The Bertz CT molecular complexity index is 952. The predicted molar refractivity (Wildman–Crippen MR) is 96.2 cm³/mol. The summed E-state index contributed by atoms with van der Waals surface area (Å²) in [6, 6.07) is 12.6. The summed E-state index contributed by atoms with van der Waals surface area (Å²) in [5, 5.41) is 2.83. The van der Waals surface area contributed by atoms with Gasteiger partial charge in [0, 0.05) is 17.8 Å². The third kappa shape index (κ3) is 3.57. The molecule has 0 aliphatic carbocycles. The fourth-order valence-corrected chi connectivity index (χ4v) is 2.74. The highest BCUT2D eigenvalue weighted by atomic mass is 16.5. The first kappa shape index (κ1) is 16.8. The van der Waals surface area contributed by atoms with Gasteiger partial charge in [-0.3, -0.25) is 9.36 Å². The molecule has 1 heterocycles. The van der Waals surface area contributed by atoms with Crippen LogP contribution in [0.5, 0.6) is 5.75 Å². The number of ether oxygens (including phenoxy) is 1. The van der Waals surface area contributed by atoms with Gasteiger partial charge in [0.05, 0.1) is 19.0 Å². The third-order valence-electron chi connectivity index (χ3n) is 3.94. The number of amides is 1. The molecule has 6 nitrogen and oxygen atoms in total. The standard InChI is InChI=1S/C19H20N2O4/c1-12(2)21-16-9-6-14(11-17(16)25-19(21)23)20-18(22)10-13-4-7-15(24-3)8-5-13/h4-9,11-12H,10H2,1-3H3,(H,20,22). The van der Waals surface area contributed by atoms with Crippen LogP contribution in [0.25, 0.3) is 11.1 Å². The molecule has 0 bridgehead atoms. The molecule has 0 aliphatic rings. The van der Waals surface area contributed by atoms with E-state index in [0.717, 1.165) is 11.3 Å². The molecular weight excluding hydrogens is 320 g/mol. The van der Waals surface area contributed by atoms with Gasteiger partial charge in [-0.2, -0.15) is 0 Å². The van der Waals surface area contributed by atoms with Crippen LogP contribution in [0.15, 0.2) is 51.7 Å².